The fraction of sp³-hybridized carbons (Fsp3) is 0.750. The minimum Gasteiger partial charge on any atom is -0.508 e. The van der Waals surface area contributed by atoms with E-state index in [1.807, 2.05) is 12.1 Å². The van der Waals surface area contributed by atoms with Crippen molar-refractivity contribution >= 4 is 0 Å². The molecule has 2 aliphatic rings. The first kappa shape index (κ1) is 19.7. The Morgan fingerprint density at radius 3 is 2.50 bits per heavy atom. The maximum atomic E-state index is 11.0. The average Bonchev–Trinajstić information content (AvgIpc) is 2.58. The number of hydrogen-bond acceptors (Lipinski definition) is 2. The van der Waals surface area contributed by atoms with Crippen molar-refractivity contribution in [1.82, 2.24) is 0 Å². The van der Waals surface area contributed by atoms with E-state index in [0.717, 1.165) is 12.3 Å². The molecule has 0 spiro atoms. The minimum absolute atomic E-state index is 0.130. The third kappa shape index (κ3) is 4.27. The molecule has 1 aromatic carbocycles. The van der Waals surface area contributed by atoms with Crippen LogP contribution >= 0.6 is 0 Å². The Labute approximate surface area is 160 Å². The van der Waals surface area contributed by atoms with Gasteiger partial charge in [0.05, 0.1) is 6.10 Å². The summed E-state index contributed by atoms with van der Waals surface area (Å²) < 4.78 is 0. The highest BCUT2D eigenvalue weighted by Gasteiger charge is 2.47. The summed E-state index contributed by atoms with van der Waals surface area (Å²) >= 11 is 0. The Morgan fingerprint density at radius 2 is 1.81 bits per heavy atom. The van der Waals surface area contributed by atoms with Crippen LogP contribution in [-0.2, 0) is 5.41 Å². The molecule has 26 heavy (non-hydrogen) atoms. The Bertz CT molecular complexity index is 564. The number of aromatic hydroxyl groups is 1. The summed E-state index contributed by atoms with van der Waals surface area (Å²) in [6, 6.07) is 7.87. The molecule has 2 nitrogen and oxygen atoms in total. The summed E-state index contributed by atoms with van der Waals surface area (Å²) in [5, 5.41) is 20.6. The van der Waals surface area contributed by atoms with Crippen LogP contribution in [0.1, 0.15) is 84.1 Å². The quantitative estimate of drug-likeness (QED) is 0.582. The summed E-state index contributed by atoms with van der Waals surface area (Å²) in [5.41, 5.74) is 1.54. The van der Waals surface area contributed by atoms with Gasteiger partial charge in [-0.25, -0.2) is 0 Å². The van der Waals surface area contributed by atoms with Crippen LogP contribution in [0.5, 0.6) is 5.75 Å². The Hall–Kier alpha value is -1.02. The molecule has 6 unspecified atom stereocenters. The molecule has 0 amide bonds. The highest BCUT2D eigenvalue weighted by molar-refractivity contribution is 5.32. The van der Waals surface area contributed by atoms with Gasteiger partial charge in [0.25, 0.3) is 0 Å². The topological polar surface area (TPSA) is 40.5 Å². The molecule has 0 radical (unpaired) electrons. The molecule has 0 saturated heterocycles. The van der Waals surface area contributed by atoms with Gasteiger partial charge in [-0.1, -0.05) is 58.6 Å². The van der Waals surface area contributed by atoms with Gasteiger partial charge in [0.1, 0.15) is 5.75 Å². The van der Waals surface area contributed by atoms with Crippen molar-refractivity contribution in [2.45, 2.75) is 90.1 Å². The largest absolute Gasteiger partial charge is 0.508 e. The van der Waals surface area contributed by atoms with Crippen LogP contribution in [0.15, 0.2) is 24.3 Å². The molecule has 0 aliphatic heterocycles. The van der Waals surface area contributed by atoms with Crippen molar-refractivity contribution in [1.29, 1.82) is 0 Å². The van der Waals surface area contributed by atoms with E-state index in [0.29, 0.717) is 23.5 Å². The lowest BCUT2D eigenvalue weighted by molar-refractivity contribution is -0.0432. The molecule has 2 N–H and O–H groups in total. The van der Waals surface area contributed by atoms with Gasteiger partial charge in [-0.05, 0) is 78.9 Å². The first-order chi connectivity index (χ1) is 12.4. The van der Waals surface area contributed by atoms with Crippen LogP contribution in [0.4, 0.5) is 0 Å². The van der Waals surface area contributed by atoms with Crippen molar-refractivity contribution in [2.75, 3.05) is 0 Å². The van der Waals surface area contributed by atoms with Crippen molar-refractivity contribution in [3.8, 4) is 5.75 Å². The Morgan fingerprint density at radius 1 is 1.08 bits per heavy atom. The number of phenolic OH excluding ortho intramolecular Hbond substituents is 1. The zero-order valence-electron chi connectivity index (χ0n) is 17.0. The molecule has 1 aromatic rings. The number of aliphatic hydroxyl groups is 1. The van der Waals surface area contributed by atoms with E-state index in [9.17, 15) is 10.2 Å². The SMILES string of the molecule is CCCCCCC(O)C1C(C)CC2CC1CC(C)(c1ccc(O)cc1)C2. The molecule has 146 valence electrons. The first-order valence-corrected chi connectivity index (χ1v) is 10.9. The third-order valence-corrected chi connectivity index (χ3v) is 7.36. The lowest BCUT2D eigenvalue weighted by atomic mass is 9.53. The van der Waals surface area contributed by atoms with Gasteiger partial charge in [-0.15, -0.1) is 0 Å². The molecule has 2 heteroatoms. The van der Waals surface area contributed by atoms with Gasteiger partial charge in [-0.3, -0.25) is 0 Å². The van der Waals surface area contributed by atoms with Gasteiger partial charge in [0.2, 0.25) is 0 Å². The fourth-order valence-corrected chi connectivity index (χ4v) is 6.28. The number of hydrogen-bond donors (Lipinski definition) is 2. The highest BCUT2D eigenvalue weighted by Crippen LogP contribution is 2.54. The zero-order valence-corrected chi connectivity index (χ0v) is 17.0. The number of aliphatic hydroxyl groups excluding tert-OH is 1. The maximum Gasteiger partial charge on any atom is 0.115 e. The summed E-state index contributed by atoms with van der Waals surface area (Å²) in [7, 11) is 0. The van der Waals surface area contributed by atoms with E-state index in [1.165, 1.54) is 56.9 Å². The van der Waals surface area contributed by atoms with Crippen molar-refractivity contribution in [3.63, 3.8) is 0 Å². The Kier molecular flexibility index (Phi) is 6.33. The monoisotopic (exact) mass is 358 g/mol. The van der Waals surface area contributed by atoms with E-state index in [1.54, 1.807) is 0 Å². The lowest BCUT2D eigenvalue weighted by Crippen LogP contribution is -2.47. The van der Waals surface area contributed by atoms with Gasteiger partial charge >= 0.3 is 0 Å². The van der Waals surface area contributed by atoms with Crippen molar-refractivity contribution < 1.29 is 10.2 Å². The number of unbranched alkanes of at least 4 members (excludes halogenated alkanes) is 3. The van der Waals surface area contributed by atoms with Crippen LogP contribution < -0.4 is 0 Å². The van der Waals surface area contributed by atoms with E-state index >= 15 is 0 Å². The van der Waals surface area contributed by atoms with E-state index in [2.05, 4.69) is 32.9 Å². The third-order valence-electron chi connectivity index (χ3n) is 7.36. The second kappa shape index (κ2) is 8.33. The van der Waals surface area contributed by atoms with Gasteiger partial charge < -0.3 is 10.2 Å². The second-order valence-electron chi connectivity index (χ2n) is 9.58. The van der Waals surface area contributed by atoms with Crippen LogP contribution in [0, 0.1) is 23.7 Å². The van der Waals surface area contributed by atoms with Crippen molar-refractivity contribution in [3.05, 3.63) is 29.8 Å². The summed E-state index contributed by atoms with van der Waals surface area (Å²) in [4.78, 5) is 0. The van der Waals surface area contributed by atoms with Crippen LogP contribution in [0.3, 0.4) is 0 Å². The average molecular weight is 359 g/mol. The normalized spacial score (nSPS) is 35.2. The predicted octanol–water partition coefficient (Wildman–Crippen LogP) is 6.05. The molecule has 3 rings (SSSR count). The van der Waals surface area contributed by atoms with E-state index < -0.39 is 0 Å². The van der Waals surface area contributed by atoms with Crippen LogP contribution in [-0.4, -0.2) is 16.3 Å². The number of benzene rings is 1. The summed E-state index contributed by atoms with van der Waals surface area (Å²) in [6.07, 6.45) is 10.8. The zero-order chi connectivity index (χ0) is 18.7. The van der Waals surface area contributed by atoms with Crippen molar-refractivity contribution in [2.24, 2.45) is 23.7 Å². The molecule has 2 bridgehead atoms. The number of rotatable bonds is 7. The molecule has 2 fully saturated rings. The molecule has 2 aliphatic carbocycles. The molecular formula is C24H38O2. The molecule has 0 heterocycles. The predicted molar refractivity (Wildman–Crippen MR) is 108 cm³/mol. The van der Waals surface area contributed by atoms with Gasteiger partial charge in [0.15, 0.2) is 0 Å². The fourth-order valence-electron chi connectivity index (χ4n) is 6.28. The van der Waals surface area contributed by atoms with Crippen LogP contribution in [0.2, 0.25) is 0 Å². The molecule has 0 aromatic heterocycles. The highest BCUT2D eigenvalue weighted by atomic mass is 16.3. The maximum absolute atomic E-state index is 11.0. The summed E-state index contributed by atoms with van der Waals surface area (Å²) in [5.74, 6) is 2.87. The van der Waals surface area contributed by atoms with E-state index in [4.69, 9.17) is 0 Å². The Balaban J connectivity index is 1.71. The molecule has 2 saturated carbocycles. The van der Waals surface area contributed by atoms with Crippen LogP contribution in [0.25, 0.3) is 0 Å². The van der Waals surface area contributed by atoms with E-state index in [-0.39, 0.29) is 11.5 Å². The molecular weight excluding hydrogens is 320 g/mol. The number of phenols is 1. The van der Waals surface area contributed by atoms with Gasteiger partial charge in [-0.2, -0.15) is 0 Å². The second-order valence-corrected chi connectivity index (χ2v) is 9.58. The number of fused-ring (bicyclic) bond motifs is 2. The lowest BCUT2D eigenvalue weighted by Gasteiger charge is -2.52. The minimum atomic E-state index is -0.130. The molecule has 6 atom stereocenters. The van der Waals surface area contributed by atoms with Gasteiger partial charge in [0, 0.05) is 0 Å². The standard InChI is InChI=1S/C24H38O2/c1-4-5-6-7-8-22(26)23-17(2)13-18-14-19(23)16-24(3,15-18)20-9-11-21(25)12-10-20/h9-12,17-19,22-23,25-26H,4-8,13-16H2,1-3H3. The smallest absolute Gasteiger partial charge is 0.115 e. The summed E-state index contributed by atoms with van der Waals surface area (Å²) in [6.45, 7) is 7.02. The first-order valence-electron chi connectivity index (χ1n) is 10.9.